The van der Waals surface area contributed by atoms with Crippen LogP contribution < -0.4 is 5.73 Å². The number of nitrogens with two attached hydrogens (primary N) is 1. The third-order valence-corrected chi connectivity index (χ3v) is 1.36. The number of hydrogen-bond donors (Lipinski definition) is 1. The van der Waals surface area contributed by atoms with Crippen LogP contribution in [0.25, 0.3) is 0 Å². The zero-order valence-electron chi connectivity index (χ0n) is 4.94. The van der Waals surface area contributed by atoms with Crippen LogP contribution in [0.2, 0.25) is 0 Å². The van der Waals surface area contributed by atoms with Gasteiger partial charge in [-0.1, -0.05) is 0 Å². The highest BCUT2D eigenvalue weighted by Crippen LogP contribution is 2.04. The van der Waals surface area contributed by atoms with Crippen molar-refractivity contribution < 1.29 is 9.18 Å². The van der Waals surface area contributed by atoms with Crippen molar-refractivity contribution in [2.24, 2.45) is 11.7 Å². The lowest BCUT2D eigenvalue weighted by atomic mass is 10.1. The molecule has 0 rings (SSSR count). The molecular weight excluding hydrogens is 145 g/mol. The number of carbonyl (C=O) groups is 1. The van der Waals surface area contributed by atoms with Crippen LogP contribution in [0, 0.1) is 5.92 Å². The van der Waals surface area contributed by atoms with Gasteiger partial charge in [-0.15, -0.1) is 11.6 Å². The van der Waals surface area contributed by atoms with Crippen LogP contribution in [0.1, 0.15) is 6.42 Å². The van der Waals surface area contributed by atoms with E-state index in [-0.39, 0.29) is 12.3 Å². The Morgan fingerprint density at radius 1 is 1.78 bits per heavy atom. The Kier molecular flexibility index (Phi) is 4.40. The second-order valence-corrected chi connectivity index (χ2v) is 2.15. The SMILES string of the molecule is NC(=O)CC(CF)CCl. The summed E-state index contributed by atoms with van der Waals surface area (Å²) in [7, 11) is 0. The quantitative estimate of drug-likeness (QED) is 0.594. The van der Waals surface area contributed by atoms with Crippen molar-refractivity contribution in [3.8, 4) is 0 Å². The fourth-order valence-corrected chi connectivity index (χ4v) is 0.626. The molecule has 9 heavy (non-hydrogen) atoms. The Labute approximate surface area is 58.2 Å². The van der Waals surface area contributed by atoms with Gasteiger partial charge in [0.1, 0.15) is 0 Å². The molecule has 0 aromatic heterocycles. The average molecular weight is 154 g/mol. The summed E-state index contributed by atoms with van der Waals surface area (Å²) in [5.74, 6) is -0.748. The van der Waals surface area contributed by atoms with Gasteiger partial charge in [0.05, 0.1) is 6.67 Å². The van der Waals surface area contributed by atoms with Gasteiger partial charge in [0.25, 0.3) is 0 Å². The third kappa shape index (κ3) is 4.21. The molecule has 0 radical (unpaired) electrons. The van der Waals surface area contributed by atoms with Crippen molar-refractivity contribution in [1.82, 2.24) is 0 Å². The number of primary amides is 1. The molecular formula is C5H9ClFNO. The number of carbonyl (C=O) groups excluding carboxylic acids is 1. The van der Waals surface area contributed by atoms with E-state index in [9.17, 15) is 9.18 Å². The van der Waals surface area contributed by atoms with Gasteiger partial charge in [0.15, 0.2) is 0 Å². The standard InChI is InChI=1S/C5H9ClFNO/c6-2-4(3-7)1-5(8)9/h4H,1-3H2,(H2,8,9). The van der Waals surface area contributed by atoms with E-state index in [4.69, 9.17) is 17.3 Å². The second kappa shape index (κ2) is 4.56. The molecule has 0 aromatic carbocycles. The van der Waals surface area contributed by atoms with E-state index in [2.05, 4.69) is 0 Å². The molecule has 0 bridgehead atoms. The van der Waals surface area contributed by atoms with Crippen LogP contribution in [0.15, 0.2) is 0 Å². The number of amides is 1. The summed E-state index contributed by atoms with van der Waals surface area (Å²) in [6.45, 7) is -0.577. The average Bonchev–Trinajstić information content (AvgIpc) is 1.82. The Balaban J connectivity index is 3.43. The molecule has 0 aromatic rings. The number of rotatable bonds is 4. The van der Waals surface area contributed by atoms with Crippen molar-refractivity contribution in [2.45, 2.75) is 6.42 Å². The molecule has 2 N–H and O–H groups in total. The lowest BCUT2D eigenvalue weighted by molar-refractivity contribution is -0.118. The molecule has 1 unspecified atom stereocenters. The van der Waals surface area contributed by atoms with Crippen LogP contribution in [0.5, 0.6) is 0 Å². The highest BCUT2D eigenvalue weighted by atomic mass is 35.5. The summed E-state index contributed by atoms with van der Waals surface area (Å²) in [4.78, 5) is 10.1. The first-order valence-corrected chi connectivity index (χ1v) is 3.14. The third-order valence-electron chi connectivity index (χ3n) is 0.926. The second-order valence-electron chi connectivity index (χ2n) is 1.85. The minimum atomic E-state index is -0.577. The first-order valence-electron chi connectivity index (χ1n) is 2.61. The van der Waals surface area contributed by atoms with Gasteiger partial charge in [-0.25, -0.2) is 0 Å². The molecule has 0 aliphatic heterocycles. The van der Waals surface area contributed by atoms with Crippen molar-refractivity contribution in [3.05, 3.63) is 0 Å². The summed E-state index contributed by atoms with van der Waals surface area (Å²) in [5, 5.41) is 0. The minimum absolute atomic E-state index is 0.0417. The van der Waals surface area contributed by atoms with E-state index >= 15 is 0 Å². The summed E-state index contributed by atoms with van der Waals surface area (Å²) in [6, 6.07) is 0. The summed E-state index contributed by atoms with van der Waals surface area (Å²) < 4.78 is 11.7. The van der Waals surface area contributed by atoms with Crippen LogP contribution in [-0.2, 0) is 4.79 Å². The minimum Gasteiger partial charge on any atom is -0.370 e. The van der Waals surface area contributed by atoms with Crippen LogP contribution >= 0.6 is 11.6 Å². The Bertz CT molecular complexity index is 95.0. The van der Waals surface area contributed by atoms with Gasteiger partial charge in [0.2, 0.25) is 5.91 Å². The fourth-order valence-electron chi connectivity index (χ4n) is 0.435. The molecule has 0 heterocycles. The van der Waals surface area contributed by atoms with E-state index in [0.717, 1.165) is 0 Å². The molecule has 0 saturated heterocycles. The molecule has 0 spiro atoms. The fraction of sp³-hybridized carbons (Fsp3) is 0.800. The molecule has 0 aliphatic rings. The zero-order chi connectivity index (χ0) is 7.28. The normalized spacial score (nSPS) is 13.1. The van der Waals surface area contributed by atoms with Gasteiger partial charge in [-0.2, -0.15) is 0 Å². The molecule has 4 heteroatoms. The molecule has 1 atom stereocenters. The Hall–Kier alpha value is -0.310. The molecule has 0 fully saturated rings. The van der Waals surface area contributed by atoms with Gasteiger partial charge in [-0.3, -0.25) is 9.18 Å². The predicted molar refractivity (Wildman–Crippen MR) is 34.0 cm³/mol. The highest BCUT2D eigenvalue weighted by Gasteiger charge is 2.08. The van der Waals surface area contributed by atoms with Crippen molar-refractivity contribution in [1.29, 1.82) is 0 Å². The van der Waals surface area contributed by atoms with E-state index in [0.29, 0.717) is 0 Å². The molecule has 2 nitrogen and oxygen atoms in total. The topological polar surface area (TPSA) is 43.1 Å². The van der Waals surface area contributed by atoms with E-state index in [1.807, 2.05) is 0 Å². The predicted octanol–water partition coefficient (Wildman–Crippen LogP) is 0.686. The van der Waals surface area contributed by atoms with Gasteiger partial charge < -0.3 is 5.73 Å². The van der Waals surface area contributed by atoms with E-state index < -0.39 is 18.5 Å². The molecule has 1 amide bonds. The molecule has 0 aliphatic carbocycles. The van der Waals surface area contributed by atoms with Crippen LogP contribution in [0.3, 0.4) is 0 Å². The van der Waals surface area contributed by atoms with Crippen molar-refractivity contribution >= 4 is 17.5 Å². The van der Waals surface area contributed by atoms with Gasteiger partial charge >= 0.3 is 0 Å². The van der Waals surface area contributed by atoms with E-state index in [1.165, 1.54) is 0 Å². The smallest absolute Gasteiger partial charge is 0.217 e. The van der Waals surface area contributed by atoms with Crippen molar-refractivity contribution in [2.75, 3.05) is 12.6 Å². The van der Waals surface area contributed by atoms with E-state index in [1.54, 1.807) is 0 Å². The Morgan fingerprint density at radius 2 is 2.33 bits per heavy atom. The molecule has 54 valence electrons. The first-order chi connectivity index (χ1) is 4.20. The maximum absolute atomic E-state index is 11.7. The van der Waals surface area contributed by atoms with Crippen LogP contribution in [0.4, 0.5) is 4.39 Å². The maximum Gasteiger partial charge on any atom is 0.217 e. The number of halogens is 2. The van der Waals surface area contributed by atoms with Crippen LogP contribution in [-0.4, -0.2) is 18.5 Å². The van der Waals surface area contributed by atoms with Gasteiger partial charge in [0, 0.05) is 18.2 Å². The summed E-state index contributed by atoms with van der Waals surface area (Å²) in [5.41, 5.74) is 4.78. The monoisotopic (exact) mass is 153 g/mol. The maximum atomic E-state index is 11.7. The number of hydrogen-bond acceptors (Lipinski definition) is 1. The highest BCUT2D eigenvalue weighted by molar-refractivity contribution is 6.18. The van der Waals surface area contributed by atoms with Gasteiger partial charge in [-0.05, 0) is 0 Å². The largest absolute Gasteiger partial charge is 0.370 e. The lowest BCUT2D eigenvalue weighted by Crippen LogP contribution is -2.18. The number of alkyl halides is 2. The molecule has 0 saturated carbocycles. The first kappa shape index (κ1) is 8.69. The Morgan fingerprint density at radius 3 is 2.44 bits per heavy atom. The lowest BCUT2D eigenvalue weighted by Gasteiger charge is -2.03. The summed E-state index contributed by atoms with van der Waals surface area (Å²) in [6.07, 6.45) is 0.0417. The van der Waals surface area contributed by atoms with Crippen molar-refractivity contribution in [3.63, 3.8) is 0 Å². The summed E-state index contributed by atoms with van der Waals surface area (Å²) >= 11 is 5.26. The zero-order valence-corrected chi connectivity index (χ0v) is 5.70.